The van der Waals surface area contributed by atoms with E-state index in [1.165, 1.54) is 11.1 Å². The summed E-state index contributed by atoms with van der Waals surface area (Å²) in [5.41, 5.74) is 5.71. The fourth-order valence-corrected chi connectivity index (χ4v) is 3.37. The van der Waals surface area contributed by atoms with Crippen molar-refractivity contribution in [3.8, 4) is 11.1 Å². The fraction of sp³-hybridized carbons (Fsp3) is 0.130. The Morgan fingerprint density at radius 2 is 1.81 bits per heavy atom. The minimum atomic E-state index is -0.00341. The highest BCUT2D eigenvalue weighted by Crippen LogP contribution is 2.28. The van der Waals surface area contributed by atoms with Crippen molar-refractivity contribution in [1.29, 1.82) is 0 Å². The molecule has 4 rings (SSSR count). The van der Waals surface area contributed by atoms with Crippen molar-refractivity contribution < 1.29 is 4.79 Å². The van der Waals surface area contributed by atoms with E-state index in [4.69, 9.17) is 0 Å². The van der Waals surface area contributed by atoms with Gasteiger partial charge in [0.15, 0.2) is 0 Å². The van der Waals surface area contributed by atoms with E-state index in [9.17, 15) is 4.79 Å². The Labute approximate surface area is 153 Å². The number of amides is 1. The number of pyridine rings is 1. The molecule has 0 saturated carbocycles. The van der Waals surface area contributed by atoms with Crippen LogP contribution in [0, 0.1) is 0 Å². The molecular formula is C23H20N2O. The molecule has 3 nitrogen and oxygen atoms in total. The molecule has 0 bridgehead atoms. The maximum Gasteiger partial charge on any atom is 0.225 e. The Morgan fingerprint density at radius 3 is 2.62 bits per heavy atom. The molecule has 0 spiro atoms. The lowest BCUT2D eigenvalue weighted by Crippen LogP contribution is -2.29. The van der Waals surface area contributed by atoms with Gasteiger partial charge in [0.25, 0.3) is 0 Å². The molecule has 1 amide bonds. The molecule has 0 fully saturated rings. The summed E-state index contributed by atoms with van der Waals surface area (Å²) in [4.78, 5) is 18.6. The van der Waals surface area contributed by atoms with E-state index in [0.717, 1.165) is 23.1 Å². The van der Waals surface area contributed by atoms with Crippen molar-refractivity contribution in [2.45, 2.75) is 19.9 Å². The smallest absolute Gasteiger partial charge is 0.225 e. The third kappa shape index (κ3) is 3.16. The first-order valence-corrected chi connectivity index (χ1v) is 8.79. The molecule has 1 aliphatic heterocycles. The zero-order valence-corrected chi connectivity index (χ0v) is 14.7. The third-order valence-electron chi connectivity index (χ3n) is 4.73. The number of aromatic nitrogens is 1. The Morgan fingerprint density at radius 1 is 0.962 bits per heavy atom. The van der Waals surface area contributed by atoms with Gasteiger partial charge in [0.1, 0.15) is 5.82 Å². The van der Waals surface area contributed by atoms with Crippen molar-refractivity contribution >= 4 is 17.8 Å². The number of anilines is 1. The lowest BCUT2D eigenvalue weighted by Gasteiger charge is -2.23. The van der Waals surface area contributed by atoms with Crippen LogP contribution in [-0.4, -0.2) is 10.9 Å². The van der Waals surface area contributed by atoms with Crippen LogP contribution in [-0.2, 0) is 17.8 Å². The molecular weight excluding hydrogens is 320 g/mol. The summed E-state index contributed by atoms with van der Waals surface area (Å²) in [7, 11) is 0. The number of carbonyl (C=O) groups excluding carboxylic acids is 1. The molecule has 1 aliphatic rings. The summed E-state index contributed by atoms with van der Waals surface area (Å²) < 4.78 is 0. The van der Waals surface area contributed by atoms with Crippen LogP contribution in [0.3, 0.4) is 0 Å². The molecule has 3 heteroatoms. The summed E-state index contributed by atoms with van der Waals surface area (Å²) in [6.45, 7) is 2.12. The van der Waals surface area contributed by atoms with E-state index in [0.29, 0.717) is 12.4 Å². The van der Waals surface area contributed by atoms with Gasteiger partial charge in [0.2, 0.25) is 5.91 Å². The van der Waals surface area contributed by atoms with Crippen LogP contribution in [0.5, 0.6) is 0 Å². The van der Waals surface area contributed by atoms with Crippen molar-refractivity contribution in [2.75, 3.05) is 4.90 Å². The summed E-state index contributed by atoms with van der Waals surface area (Å²) in [6.07, 6.45) is 6.77. The van der Waals surface area contributed by atoms with Crippen molar-refractivity contribution in [3.63, 3.8) is 0 Å². The lowest BCUT2D eigenvalue weighted by molar-refractivity contribution is -0.116. The molecule has 0 saturated heterocycles. The van der Waals surface area contributed by atoms with Crippen LogP contribution in [0.1, 0.15) is 23.6 Å². The largest absolute Gasteiger partial charge is 0.292 e. The van der Waals surface area contributed by atoms with Gasteiger partial charge in [0, 0.05) is 18.7 Å². The molecule has 0 aliphatic carbocycles. The first-order chi connectivity index (χ1) is 12.7. The molecule has 2 heterocycles. The second kappa shape index (κ2) is 6.96. The third-order valence-corrected chi connectivity index (χ3v) is 4.73. The highest BCUT2D eigenvalue weighted by molar-refractivity contribution is 5.92. The van der Waals surface area contributed by atoms with Crippen molar-refractivity contribution in [3.05, 3.63) is 89.6 Å². The van der Waals surface area contributed by atoms with Crippen LogP contribution < -0.4 is 4.90 Å². The number of rotatable bonds is 1. The van der Waals surface area contributed by atoms with Gasteiger partial charge >= 0.3 is 0 Å². The van der Waals surface area contributed by atoms with Gasteiger partial charge in [-0.05, 0) is 46.9 Å². The number of carbonyl (C=O) groups is 1. The standard InChI is InChI=1S/C23H20N2O/c1-17(26)25-16-22-15-21(18-7-3-2-4-8-18)13-12-19(22)9-5-10-20-11-6-14-24-23(20)25/h2-8,10-15H,9,16H2,1H3/b10-5-. The SMILES string of the molecule is CC(=O)N1Cc2cc(-c3ccccc3)ccc2C/C=C\c2cccnc21. The summed E-state index contributed by atoms with van der Waals surface area (Å²) in [6, 6.07) is 20.7. The van der Waals surface area contributed by atoms with E-state index >= 15 is 0 Å². The Balaban J connectivity index is 1.82. The second-order valence-corrected chi connectivity index (χ2v) is 6.48. The molecule has 128 valence electrons. The minimum Gasteiger partial charge on any atom is -0.292 e. The van der Waals surface area contributed by atoms with Gasteiger partial charge in [-0.3, -0.25) is 9.69 Å². The number of hydrogen-bond acceptors (Lipinski definition) is 2. The predicted molar refractivity (Wildman–Crippen MR) is 106 cm³/mol. The van der Waals surface area contributed by atoms with E-state index in [1.807, 2.05) is 30.3 Å². The summed E-state index contributed by atoms with van der Waals surface area (Å²) >= 11 is 0. The van der Waals surface area contributed by atoms with Gasteiger partial charge in [-0.25, -0.2) is 4.98 Å². The zero-order chi connectivity index (χ0) is 17.9. The molecule has 26 heavy (non-hydrogen) atoms. The lowest BCUT2D eigenvalue weighted by atomic mass is 9.97. The van der Waals surface area contributed by atoms with Gasteiger partial charge in [-0.2, -0.15) is 0 Å². The molecule has 1 aromatic heterocycles. The number of benzene rings is 2. The van der Waals surface area contributed by atoms with E-state index in [1.54, 1.807) is 18.0 Å². The van der Waals surface area contributed by atoms with E-state index < -0.39 is 0 Å². The van der Waals surface area contributed by atoms with Gasteiger partial charge in [-0.15, -0.1) is 0 Å². The number of hydrogen-bond donors (Lipinski definition) is 0. The van der Waals surface area contributed by atoms with E-state index in [-0.39, 0.29) is 5.91 Å². The first kappa shape index (κ1) is 16.3. The summed E-state index contributed by atoms with van der Waals surface area (Å²) in [5.74, 6) is 0.713. The Hall–Kier alpha value is -3.20. The van der Waals surface area contributed by atoms with Crippen LogP contribution in [0.15, 0.2) is 72.9 Å². The molecule has 0 unspecified atom stereocenters. The maximum absolute atomic E-state index is 12.4. The zero-order valence-electron chi connectivity index (χ0n) is 14.7. The monoisotopic (exact) mass is 340 g/mol. The van der Waals surface area contributed by atoms with Crippen molar-refractivity contribution in [2.24, 2.45) is 0 Å². The van der Waals surface area contributed by atoms with Crippen LogP contribution in [0.2, 0.25) is 0 Å². The quantitative estimate of drug-likeness (QED) is 0.633. The van der Waals surface area contributed by atoms with Gasteiger partial charge < -0.3 is 0 Å². The fourth-order valence-electron chi connectivity index (χ4n) is 3.37. The normalized spacial score (nSPS) is 14.4. The highest BCUT2D eigenvalue weighted by atomic mass is 16.2. The molecule has 3 aromatic rings. The molecule has 0 N–H and O–H groups in total. The molecule has 0 atom stereocenters. The Bertz CT molecular complexity index is 977. The average Bonchev–Trinajstić information content (AvgIpc) is 2.75. The highest BCUT2D eigenvalue weighted by Gasteiger charge is 2.19. The Kier molecular flexibility index (Phi) is 4.36. The topological polar surface area (TPSA) is 33.2 Å². The molecule has 0 radical (unpaired) electrons. The van der Waals surface area contributed by atoms with Crippen LogP contribution >= 0.6 is 0 Å². The average molecular weight is 340 g/mol. The van der Waals surface area contributed by atoms with Gasteiger partial charge in [-0.1, -0.05) is 54.6 Å². The minimum absolute atomic E-state index is 0.00341. The first-order valence-electron chi connectivity index (χ1n) is 8.79. The predicted octanol–water partition coefficient (Wildman–Crippen LogP) is 4.87. The van der Waals surface area contributed by atoms with Crippen molar-refractivity contribution in [1.82, 2.24) is 4.98 Å². The maximum atomic E-state index is 12.4. The number of nitrogens with zero attached hydrogens (tertiary/aromatic N) is 2. The van der Waals surface area contributed by atoms with Crippen LogP contribution in [0.4, 0.5) is 5.82 Å². The van der Waals surface area contributed by atoms with Gasteiger partial charge in [0.05, 0.1) is 6.54 Å². The summed E-state index contributed by atoms with van der Waals surface area (Å²) in [5, 5.41) is 0. The number of allylic oxidation sites excluding steroid dienone is 1. The van der Waals surface area contributed by atoms with Crippen LogP contribution in [0.25, 0.3) is 17.2 Å². The molecule has 2 aromatic carbocycles. The number of fused-ring (bicyclic) bond motifs is 2. The van der Waals surface area contributed by atoms with E-state index in [2.05, 4.69) is 47.5 Å². The second-order valence-electron chi connectivity index (χ2n) is 6.48.